The molecule has 0 fully saturated rings. The fourth-order valence-corrected chi connectivity index (χ4v) is 3.09. The van der Waals surface area contributed by atoms with Crippen LogP contribution >= 0.6 is 35.1 Å². The summed E-state index contributed by atoms with van der Waals surface area (Å²) in [5.74, 6) is 6.02. The average Bonchev–Trinajstić information content (AvgIpc) is 2.46. The smallest absolute Gasteiger partial charge is 0.369 e. The number of carboxylic acid groups (broad SMARTS) is 2. The Morgan fingerprint density at radius 2 is 1.48 bits per heavy atom. The van der Waals surface area contributed by atoms with Crippen LogP contribution in [0.4, 0.5) is 21.0 Å². The van der Waals surface area contributed by atoms with Crippen molar-refractivity contribution < 1.29 is 19.8 Å². The van der Waals surface area contributed by atoms with Crippen molar-refractivity contribution in [2.24, 2.45) is 5.84 Å². The van der Waals surface area contributed by atoms with Gasteiger partial charge in [0.25, 0.3) is 0 Å². The molecule has 0 radical (unpaired) electrons. The third-order valence-corrected chi connectivity index (χ3v) is 4.35. The van der Waals surface area contributed by atoms with E-state index in [1.807, 2.05) is 0 Å². The Labute approximate surface area is 145 Å². The minimum absolute atomic E-state index is 0.308. The van der Waals surface area contributed by atoms with E-state index < -0.39 is 10.6 Å². The van der Waals surface area contributed by atoms with Crippen LogP contribution in [0.2, 0.25) is 5.02 Å². The molecular weight excluding hydrogens is 360 g/mol. The number of hydrogen-bond acceptors (Lipinski definition) is 6. The maximum Gasteiger partial charge on any atom is 0.369 e. The van der Waals surface area contributed by atoms with Gasteiger partial charge in [0.2, 0.25) is 0 Å². The van der Waals surface area contributed by atoms with Gasteiger partial charge < -0.3 is 10.2 Å². The molecule has 0 heterocycles. The number of thioether (sulfide) groups is 2. The number of anilines is 2. The number of nitrogens with zero attached hydrogens (tertiary/aromatic N) is 1. The Hall–Kier alpha value is -1.87. The lowest BCUT2D eigenvalue weighted by Crippen LogP contribution is -2.25. The summed E-state index contributed by atoms with van der Waals surface area (Å²) in [6.07, 6.45) is 0. The number of benzene rings is 2. The van der Waals surface area contributed by atoms with Gasteiger partial charge >= 0.3 is 10.6 Å². The average molecular weight is 371 g/mol. The zero-order valence-electron chi connectivity index (χ0n) is 11.5. The van der Waals surface area contributed by atoms with Crippen molar-refractivity contribution in [2.75, 3.05) is 5.01 Å². The summed E-state index contributed by atoms with van der Waals surface area (Å²) in [7, 11) is 0. The molecule has 0 aliphatic carbocycles. The highest BCUT2D eigenvalue weighted by molar-refractivity contribution is 8.13. The number of halogens is 1. The van der Waals surface area contributed by atoms with Gasteiger partial charge in [-0.15, -0.1) is 0 Å². The predicted octanol–water partition coefficient (Wildman–Crippen LogP) is 4.89. The number of rotatable bonds is 4. The van der Waals surface area contributed by atoms with Crippen LogP contribution in [0.15, 0.2) is 52.3 Å². The fourth-order valence-electron chi connectivity index (χ4n) is 1.76. The quantitative estimate of drug-likeness (QED) is 0.397. The minimum atomic E-state index is -1.02. The lowest BCUT2D eigenvalue weighted by Gasteiger charge is -2.20. The zero-order chi connectivity index (χ0) is 17.0. The van der Waals surface area contributed by atoms with Gasteiger partial charge in [-0.2, -0.15) is 0 Å². The van der Waals surface area contributed by atoms with E-state index in [-0.39, 0.29) is 0 Å². The molecule has 0 spiro atoms. The van der Waals surface area contributed by atoms with E-state index in [2.05, 4.69) is 0 Å². The van der Waals surface area contributed by atoms with Crippen LogP contribution < -0.4 is 10.9 Å². The van der Waals surface area contributed by atoms with Gasteiger partial charge in [0.1, 0.15) is 0 Å². The number of carbonyl (C=O) groups is 2. The van der Waals surface area contributed by atoms with E-state index in [1.165, 1.54) is 11.1 Å². The Kier molecular flexibility index (Phi) is 5.78. The summed E-state index contributed by atoms with van der Waals surface area (Å²) in [5.41, 5.74) is 1.11. The van der Waals surface area contributed by atoms with Crippen molar-refractivity contribution in [3.63, 3.8) is 0 Å². The van der Waals surface area contributed by atoms with Gasteiger partial charge in [0, 0.05) is 9.79 Å². The molecule has 0 amide bonds. The van der Waals surface area contributed by atoms with E-state index >= 15 is 0 Å². The van der Waals surface area contributed by atoms with Crippen molar-refractivity contribution in [1.82, 2.24) is 0 Å². The fraction of sp³-hybridized carbons (Fsp3) is 0. The van der Waals surface area contributed by atoms with Crippen molar-refractivity contribution in [1.29, 1.82) is 0 Å². The summed E-state index contributed by atoms with van der Waals surface area (Å²) in [5, 5.41) is 17.1. The number of hydrogen-bond donors (Lipinski definition) is 3. The highest BCUT2D eigenvalue weighted by Crippen LogP contribution is 2.33. The van der Waals surface area contributed by atoms with Crippen LogP contribution in [-0.4, -0.2) is 20.8 Å². The Morgan fingerprint density at radius 1 is 0.957 bits per heavy atom. The highest BCUT2D eigenvalue weighted by atomic mass is 35.5. The van der Waals surface area contributed by atoms with E-state index in [1.54, 1.807) is 36.4 Å². The second kappa shape index (κ2) is 7.60. The molecule has 0 aliphatic rings. The van der Waals surface area contributed by atoms with Gasteiger partial charge in [-0.3, -0.25) is 5.01 Å². The van der Waals surface area contributed by atoms with Gasteiger partial charge in [-0.1, -0.05) is 11.6 Å². The molecule has 0 aromatic heterocycles. The lowest BCUT2D eigenvalue weighted by molar-refractivity contribution is 0.221. The first kappa shape index (κ1) is 17.5. The second-order valence-corrected chi connectivity index (χ2v) is 6.67. The molecule has 4 N–H and O–H groups in total. The van der Waals surface area contributed by atoms with E-state index in [9.17, 15) is 9.59 Å². The molecule has 0 unspecified atom stereocenters. The van der Waals surface area contributed by atoms with Crippen LogP contribution in [0, 0.1) is 0 Å². The first-order valence-corrected chi connectivity index (χ1v) is 8.14. The first-order valence-electron chi connectivity index (χ1n) is 6.13. The molecule has 120 valence electrons. The normalized spacial score (nSPS) is 10.3. The Bertz CT molecular complexity index is 740. The predicted molar refractivity (Wildman–Crippen MR) is 92.0 cm³/mol. The van der Waals surface area contributed by atoms with E-state index in [0.29, 0.717) is 49.7 Å². The molecule has 0 saturated heterocycles. The first-order chi connectivity index (χ1) is 10.9. The monoisotopic (exact) mass is 370 g/mol. The summed E-state index contributed by atoms with van der Waals surface area (Å²) >= 11 is 7.50. The molecule has 6 nitrogen and oxygen atoms in total. The maximum absolute atomic E-state index is 10.7. The number of hydrazine groups is 1. The summed E-state index contributed by atoms with van der Waals surface area (Å²) < 4.78 is 0. The molecular formula is C14H11ClN2O4S2. The van der Waals surface area contributed by atoms with E-state index in [4.69, 9.17) is 27.7 Å². The van der Waals surface area contributed by atoms with E-state index in [0.717, 1.165) is 0 Å². The molecule has 2 aromatic rings. The summed E-state index contributed by atoms with van der Waals surface area (Å²) in [6, 6.07) is 11.3. The van der Waals surface area contributed by atoms with Gasteiger partial charge in [0.15, 0.2) is 0 Å². The van der Waals surface area contributed by atoms with Crippen molar-refractivity contribution in [2.45, 2.75) is 9.79 Å². The second-order valence-electron chi connectivity index (χ2n) is 4.21. The largest absolute Gasteiger partial charge is 0.473 e. The molecule has 0 atom stereocenters. The number of nitrogens with two attached hydrogens (primary N) is 1. The molecule has 0 saturated carbocycles. The van der Waals surface area contributed by atoms with Crippen LogP contribution in [0.3, 0.4) is 0 Å². The molecule has 2 aromatic carbocycles. The summed E-state index contributed by atoms with van der Waals surface area (Å²) in [4.78, 5) is 22.4. The van der Waals surface area contributed by atoms with Gasteiger partial charge in [-0.05, 0) is 66.0 Å². The molecule has 0 aliphatic heterocycles. The van der Waals surface area contributed by atoms with Crippen molar-refractivity contribution in [3.05, 3.63) is 47.5 Å². The van der Waals surface area contributed by atoms with Crippen molar-refractivity contribution >= 4 is 57.1 Å². The third kappa shape index (κ3) is 4.80. The lowest BCUT2D eigenvalue weighted by atomic mass is 10.2. The minimum Gasteiger partial charge on any atom is -0.473 e. The van der Waals surface area contributed by atoms with Crippen LogP contribution in [-0.2, 0) is 0 Å². The SMILES string of the molecule is NN(c1ccc(SC(=O)O)cc1)c1ccc(SC(=O)O)cc1Cl. The molecule has 0 bridgehead atoms. The third-order valence-electron chi connectivity index (χ3n) is 2.70. The Balaban J connectivity index is 2.21. The summed E-state index contributed by atoms with van der Waals surface area (Å²) in [6.45, 7) is 0. The molecule has 9 heteroatoms. The van der Waals surface area contributed by atoms with Gasteiger partial charge in [0.05, 0.1) is 16.4 Å². The zero-order valence-corrected chi connectivity index (χ0v) is 13.9. The molecule has 23 heavy (non-hydrogen) atoms. The highest BCUT2D eigenvalue weighted by Gasteiger charge is 2.12. The van der Waals surface area contributed by atoms with Crippen LogP contribution in [0.1, 0.15) is 0 Å². The standard InChI is InChI=1S/C14H11ClN2O4S2/c15-11-7-10(23-14(20)21)5-6-12(11)17(16)8-1-3-9(4-2-8)22-13(18)19/h1-7H,16H2,(H,18,19)(H,20,21). The van der Waals surface area contributed by atoms with Crippen LogP contribution in [0.25, 0.3) is 0 Å². The maximum atomic E-state index is 10.7. The van der Waals surface area contributed by atoms with Crippen LogP contribution in [0.5, 0.6) is 0 Å². The topological polar surface area (TPSA) is 104 Å². The Morgan fingerprint density at radius 3 is 2.00 bits per heavy atom. The van der Waals surface area contributed by atoms with Gasteiger partial charge in [-0.25, -0.2) is 15.4 Å². The van der Waals surface area contributed by atoms with Crippen molar-refractivity contribution in [3.8, 4) is 0 Å². The molecule has 2 rings (SSSR count).